The fraction of sp³-hybridized carbons (Fsp3) is 0.150. The molecule has 3 nitrogen and oxygen atoms in total. The van der Waals surface area contributed by atoms with E-state index in [9.17, 15) is 0 Å². The fourth-order valence-corrected chi connectivity index (χ4v) is 2.54. The smallest absolute Gasteiger partial charge is 0.497 e. The summed E-state index contributed by atoms with van der Waals surface area (Å²) in [7, 11) is 1.68. The second kappa shape index (κ2) is 9.11. The Morgan fingerprint density at radius 3 is 2.33 bits per heavy atom. The first-order chi connectivity index (χ1) is 11.4. The molecule has 24 heavy (non-hydrogen) atoms. The number of nitrogens with zero attached hydrogens (tertiary/aromatic N) is 1. The topological polar surface area (TPSA) is 33.6 Å². The molecule has 3 aromatic rings. The number of methoxy groups -OCH3 is 1. The zero-order chi connectivity index (χ0) is 15.9. The molecule has 0 amide bonds. The van der Waals surface area contributed by atoms with Gasteiger partial charge in [0.15, 0.2) is 0 Å². The van der Waals surface area contributed by atoms with Crippen molar-refractivity contribution in [2.45, 2.75) is 12.5 Å². The molecule has 0 saturated carbocycles. The van der Waals surface area contributed by atoms with Gasteiger partial charge in [0.05, 0.1) is 13.2 Å². The van der Waals surface area contributed by atoms with Crippen LogP contribution in [0, 0.1) is 0 Å². The van der Waals surface area contributed by atoms with Crippen LogP contribution in [0.4, 0.5) is 0 Å². The quantitative estimate of drug-likeness (QED) is 0.560. The third-order valence-corrected chi connectivity index (χ3v) is 3.82. The van der Waals surface area contributed by atoms with Crippen molar-refractivity contribution in [3.63, 3.8) is 0 Å². The second-order valence-electron chi connectivity index (χ2n) is 5.35. The van der Waals surface area contributed by atoms with Crippen LogP contribution >= 0.6 is 0 Å². The number of nitrogens with one attached hydrogen (secondary N) is 1. The van der Waals surface area contributed by atoms with Crippen molar-refractivity contribution in [3.05, 3.63) is 90.0 Å². The predicted octanol–water partition coefficient (Wildman–Crippen LogP) is 4.26. The number of ether oxygens (including phenoxy) is 1. The van der Waals surface area contributed by atoms with E-state index >= 15 is 0 Å². The van der Waals surface area contributed by atoms with E-state index in [1.165, 1.54) is 11.1 Å². The number of rotatable bonds is 3. The summed E-state index contributed by atoms with van der Waals surface area (Å²) in [5.41, 5.74) is 6.77. The maximum Gasteiger partial charge on any atom is 2.00 e. The van der Waals surface area contributed by atoms with Gasteiger partial charge in [-0.3, -0.25) is 0 Å². The van der Waals surface area contributed by atoms with Gasteiger partial charge in [0.1, 0.15) is 5.75 Å². The van der Waals surface area contributed by atoms with Crippen LogP contribution in [0.2, 0.25) is 0 Å². The third kappa shape index (κ3) is 4.60. The van der Waals surface area contributed by atoms with Crippen LogP contribution in [0.15, 0.2) is 84.0 Å². The predicted molar refractivity (Wildman–Crippen MR) is 94.1 cm³/mol. The Morgan fingerprint density at radius 1 is 1.04 bits per heavy atom. The standard InChI is InChI=1S/C15H15N2O.C5H5.Fe/c1-18-13-8-6-12(7-9-13)15-10-14(16-17-15)11-4-2-3-5-11;1-2-4-5-3-1;/h2-9,15,17H,10H2,1H3;1-5H;/q2*-1;+2. The van der Waals surface area contributed by atoms with E-state index in [1.807, 2.05) is 54.6 Å². The molecule has 4 rings (SSSR count). The van der Waals surface area contributed by atoms with Gasteiger partial charge in [0.25, 0.3) is 0 Å². The monoisotopic (exact) mass is 360 g/mol. The third-order valence-electron chi connectivity index (χ3n) is 3.82. The van der Waals surface area contributed by atoms with Gasteiger partial charge in [0.2, 0.25) is 0 Å². The molecule has 1 unspecified atom stereocenters. The van der Waals surface area contributed by atoms with Crippen molar-refractivity contribution in [1.82, 2.24) is 5.43 Å². The zero-order valence-corrected chi connectivity index (χ0v) is 14.6. The average Bonchev–Trinajstić information content (AvgIpc) is 3.38. The molecule has 4 heteroatoms. The van der Waals surface area contributed by atoms with E-state index in [0.29, 0.717) is 0 Å². The van der Waals surface area contributed by atoms with Crippen molar-refractivity contribution < 1.29 is 21.8 Å². The Kier molecular flexibility index (Phi) is 6.86. The number of benzene rings is 1. The molecule has 1 heterocycles. The van der Waals surface area contributed by atoms with Crippen LogP contribution in [0.25, 0.3) is 0 Å². The molecule has 1 atom stereocenters. The molecule has 124 valence electrons. The number of hydrazone groups is 1. The minimum atomic E-state index is 0. The molecule has 0 spiro atoms. The summed E-state index contributed by atoms with van der Waals surface area (Å²) >= 11 is 0. The van der Waals surface area contributed by atoms with Gasteiger partial charge >= 0.3 is 17.1 Å². The minimum Gasteiger partial charge on any atom is -0.497 e. The van der Waals surface area contributed by atoms with E-state index in [0.717, 1.165) is 17.9 Å². The van der Waals surface area contributed by atoms with Crippen molar-refractivity contribution in [3.8, 4) is 5.75 Å². The van der Waals surface area contributed by atoms with Gasteiger partial charge in [-0.25, -0.2) is 17.2 Å². The Hall–Kier alpha value is -2.29. The van der Waals surface area contributed by atoms with E-state index in [1.54, 1.807) is 7.11 Å². The van der Waals surface area contributed by atoms with Crippen LogP contribution in [-0.4, -0.2) is 12.8 Å². The van der Waals surface area contributed by atoms with Crippen molar-refractivity contribution in [1.29, 1.82) is 0 Å². The molecule has 3 aromatic carbocycles. The van der Waals surface area contributed by atoms with E-state index in [4.69, 9.17) is 4.74 Å². The molecule has 0 saturated heterocycles. The summed E-state index contributed by atoms with van der Waals surface area (Å²) in [5, 5.41) is 4.41. The summed E-state index contributed by atoms with van der Waals surface area (Å²) in [4.78, 5) is 0. The van der Waals surface area contributed by atoms with Crippen LogP contribution < -0.4 is 10.2 Å². The molecule has 1 aliphatic heterocycles. The van der Waals surface area contributed by atoms with Gasteiger partial charge in [-0.15, -0.1) is 11.6 Å². The van der Waals surface area contributed by atoms with E-state index in [-0.39, 0.29) is 23.1 Å². The molecule has 1 aliphatic rings. The first-order valence-corrected chi connectivity index (χ1v) is 7.71. The maximum absolute atomic E-state index is 5.16. The summed E-state index contributed by atoms with van der Waals surface area (Å²) in [6.07, 6.45) is 0.927. The van der Waals surface area contributed by atoms with Crippen molar-refractivity contribution in [2.24, 2.45) is 5.10 Å². The van der Waals surface area contributed by atoms with Crippen LogP contribution in [0.5, 0.6) is 5.75 Å². The van der Waals surface area contributed by atoms with Gasteiger partial charge in [-0.2, -0.15) is 36.4 Å². The largest absolute Gasteiger partial charge is 2.00 e. The van der Waals surface area contributed by atoms with Gasteiger partial charge in [-0.1, -0.05) is 12.1 Å². The molecular weight excluding hydrogens is 340 g/mol. The molecule has 1 N–H and O–H groups in total. The summed E-state index contributed by atoms with van der Waals surface area (Å²) in [6.45, 7) is 0. The first kappa shape index (κ1) is 18.1. The summed E-state index contributed by atoms with van der Waals surface area (Å²) in [5.74, 6) is 0.883. The molecule has 0 fully saturated rings. The van der Waals surface area contributed by atoms with Crippen molar-refractivity contribution >= 4 is 5.71 Å². The molecule has 0 aliphatic carbocycles. The Bertz CT molecular complexity index is 698. The number of hydrogen-bond acceptors (Lipinski definition) is 3. The Balaban J connectivity index is 0.000000300. The summed E-state index contributed by atoms with van der Waals surface area (Å²) < 4.78 is 5.16. The summed E-state index contributed by atoms with van der Waals surface area (Å²) in [6, 6.07) is 26.7. The van der Waals surface area contributed by atoms with Gasteiger partial charge in [0, 0.05) is 0 Å². The normalized spacial score (nSPS) is 15.4. The molecule has 0 radical (unpaired) electrons. The van der Waals surface area contributed by atoms with Gasteiger partial charge < -0.3 is 10.2 Å². The van der Waals surface area contributed by atoms with Crippen LogP contribution in [0.1, 0.15) is 23.6 Å². The molecule has 0 aromatic heterocycles. The minimum absolute atomic E-state index is 0. The van der Waals surface area contributed by atoms with Crippen LogP contribution in [-0.2, 0) is 17.1 Å². The maximum atomic E-state index is 5.16. The second-order valence-corrected chi connectivity index (χ2v) is 5.35. The first-order valence-electron chi connectivity index (χ1n) is 7.71. The van der Waals surface area contributed by atoms with Crippen LogP contribution in [0.3, 0.4) is 0 Å². The number of hydrogen-bond donors (Lipinski definition) is 1. The van der Waals surface area contributed by atoms with E-state index < -0.39 is 0 Å². The van der Waals surface area contributed by atoms with E-state index in [2.05, 4.69) is 34.8 Å². The van der Waals surface area contributed by atoms with Crippen molar-refractivity contribution in [2.75, 3.05) is 7.11 Å². The Labute approximate surface area is 153 Å². The molecular formula is C20H20FeN2O. The fourth-order valence-electron chi connectivity index (χ4n) is 2.54. The zero-order valence-electron chi connectivity index (χ0n) is 13.5. The molecule has 0 bridgehead atoms. The SMILES string of the molecule is COc1ccc(C2CC(c3ccc[cH-]3)=NN2)cc1.[Fe+2].c1cc[cH-]c1. The average molecular weight is 360 g/mol. The van der Waals surface area contributed by atoms with Gasteiger partial charge in [-0.05, 0) is 29.8 Å². The Morgan fingerprint density at radius 2 is 1.79 bits per heavy atom.